The first-order chi connectivity index (χ1) is 6.29. The Balaban J connectivity index is 2.97. The monoisotopic (exact) mass is 199 g/mol. The van der Waals surface area contributed by atoms with Gasteiger partial charge in [-0.3, -0.25) is 0 Å². The van der Waals surface area contributed by atoms with E-state index in [4.69, 9.17) is 5.11 Å². The van der Waals surface area contributed by atoms with Gasteiger partial charge in [0, 0.05) is 12.1 Å². The molecule has 14 heavy (non-hydrogen) atoms. The SMILES string of the molecule is CC(C)(C)C1(C)CCCCN1C(=O)O. The molecular formula is C11H21NO2. The zero-order valence-corrected chi connectivity index (χ0v) is 9.63. The zero-order chi connectivity index (χ0) is 11.0. The van der Waals surface area contributed by atoms with E-state index < -0.39 is 6.09 Å². The van der Waals surface area contributed by atoms with Crippen LogP contribution in [0.2, 0.25) is 0 Å². The first-order valence-corrected chi connectivity index (χ1v) is 5.29. The number of likely N-dealkylation sites (tertiary alicyclic amines) is 1. The van der Waals surface area contributed by atoms with E-state index >= 15 is 0 Å². The van der Waals surface area contributed by atoms with Gasteiger partial charge in [-0.25, -0.2) is 4.79 Å². The van der Waals surface area contributed by atoms with Crippen LogP contribution in [0.3, 0.4) is 0 Å². The molecule has 0 spiro atoms. The van der Waals surface area contributed by atoms with Crippen LogP contribution in [-0.2, 0) is 0 Å². The van der Waals surface area contributed by atoms with Gasteiger partial charge < -0.3 is 10.0 Å². The van der Waals surface area contributed by atoms with E-state index in [1.165, 1.54) is 0 Å². The van der Waals surface area contributed by atoms with E-state index in [9.17, 15) is 4.79 Å². The third-order valence-corrected chi connectivity index (χ3v) is 3.74. The Kier molecular flexibility index (Phi) is 2.79. The summed E-state index contributed by atoms with van der Waals surface area (Å²) in [6, 6.07) is 0. The van der Waals surface area contributed by atoms with Crippen molar-refractivity contribution in [1.29, 1.82) is 0 Å². The smallest absolute Gasteiger partial charge is 0.407 e. The highest BCUT2D eigenvalue weighted by molar-refractivity contribution is 5.66. The summed E-state index contributed by atoms with van der Waals surface area (Å²) < 4.78 is 0. The van der Waals surface area contributed by atoms with Crippen molar-refractivity contribution in [3.05, 3.63) is 0 Å². The summed E-state index contributed by atoms with van der Waals surface area (Å²) in [6.07, 6.45) is 2.33. The maximum atomic E-state index is 11.1. The molecule has 1 fully saturated rings. The predicted octanol–water partition coefficient (Wildman–Crippen LogP) is 2.96. The zero-order valence-electron chi connectivity index (χ0n) is 9.63. The molecule has 1 unspecified atom stereocenters. The van der Waals surface area contributed by atoms with Gasteiger partial charge in [-0.1, -0.05) is 20.8 Å². The molecule has 0 radical (unpaired) electrons. The first kappa shape index (κ1) is 11.3. The van der Waals surface area contributed by atoms with E-state index in [0.717, 1.165) is 19.3 Å². The summed E-state index contributed by atoms with van der Waals surface area (Å²) in [5.41, 5.74) is -0.205. The number of amides is 1. The highest BCUT2D eigenvalue weighted by atomic mass is 16.4. The van der Waals surface area contributed by atoms with Crippen LogP contribution < -0.4 is 0 Å². The van der Waals surface area contributed by atoms with Crippen molar-refractivity contribution in [2.45, 2.75) is 52.5 Å². The Morgan fingerprint density at radius 1 is 1.36 bits per heavy atom. The maximum absolute atomic E-state index is 11.1. The van der Waals surface area contributed by atoms with Crippen LogP contribution in [0.4, 0.5) is 4.79 Å². The maximum Gasteiger partial charge on any atom is 0.407 e. The van der Waals surface area contributed by atoms with Gasteiger partial charge in [0.05, 0.1) is 0 Å². The van der Waals surface area contributed by atoms with Gasteiger partial charge in [0.15, 0.2) is 0 Å². The van der Waals surface area contributed by atoms with E-state index in [-0.39, 0.29) is 11.0 Å². The van der Waals surface area contributed by atoms with E-state index in [1.807, 2.05) is 0 Å². The fraction of sp³-hybridized carbons (Fsp3) is 0.909. The number of rotatable bonds is 0. The van der Waals surface area contributed by atoms with Crippen LogP contribution >= 0.6 is 0 Å². The van der Waals surface area contributed by atoms with Crippen molar-refractivity contribution in [3.8, 4) is 0 Å². The number of carbonyl (C=O) groups is 1. The van der Waals surface area contributed by atoms with Crippen molar-refractivity contribution >= 4 is 6.09 Å². The molecule has 0 aromatic carbocycles. The lowest BCUT2D eigenvalue weighted by Gasteiger charge is -2.51. The summed E-state index contributed by atoms with van der Waals surface area (Å²) in [7, 11) is 0. The first-order valence-electron chi connectivity index (χ1n) is 5.29. The van der Waals surface area contributed by atoms with Gasteiger partial charge >= 0.3 is 6.09 Å². The molecule has 0 aromatic heterocycles. The molecule has 1 atom stereocenters. The average Bonchev–Trinajstić information content (AvgIpc) is 2.02. The normalized spacial score (nSPS) is 29.0. The Bertz CT molecular complexity index is 232. The highest BCUT2D eigenvalue weighted by Crippen LogP contribution is 2.42. The summed E-state index contributed by atoms with van der Waals surface area (Å²) in [5.74, 6) is 0. The second-order valence-corrected chi connectivity index (χ2v) is 5.42. The van der Waals surface area contributed by atoms with Crippen molar-refractivity contribution < 1.29 is 9.90 Å². The Morgan fingerprint density at radius 2 is 1.93 bits per heavy atom. The number of carboxylic acid groups (broad SMARTS) is 1. The molecule has 1 saturated heterocycles. The minimum Gasteiger partial charge on any atom is -0.465 e. The minimum atomic E-state index is -0.776. The van der Waals surface area contributed by atoms with Gasteiger partial charge in [-0.15, -0.1) is 0 Å². The lowest BCUT2D eigenvalue weighted by atomic mass is 9.69. The molecule has 0 aliphatic carbocycles. The summed E-state index contributed by atoms with van der Waals surface area (Å²) in [4.78, 5) is 12.8. The van der Waals surface area contributed by atoms with E-state index in [2.05, 4.69) is 27.7 Å². The summed E-state index contributed by atoms with van der Waals surface area (Å²) in [5, 5.41) is 9.16. The van der Waals surface area contributed by atoms with E-state index in [0.29, 0.717) is 6.54 Å². The molecule has 1 N–H and O–H groups in total. The van der Waals surface area contributed by atoms with Gasteiger partial charge in [0.2, 0.25) is 0 Å². The van der Waals surface area contributed by atoms with Gasteiger partial charge in [0.25, 0.3) is 0 Å². The molecule has 1 aliphatic rings. The molecule has 1 heterocycles. The van der Waals surface area contributed by atoms with Crippen molar-refractivity contribution in [1.82, 2.24) is 4.90 Å². The summed E-state index contributed by atoms with van der Waals surface area (Å²) in [6.45, 7) is 9.11. The number of hydrogen-bond donors (Lipinski definition) is 1. The van der Waals surface area contributed by atoms with Crippen LogP contribution in [0.15, 0.2) is 0 Å². The molecule has 0 aromatic rings. The van der Waals surface area contributed by atoms with Crippen molar-refractivity contribution in [2.24, 2.45) is 5.41 Å². The van der Waals surface area contributed by atoms with Crippen LogP contribution in [0, 0.1) is 5.41 Å². The van der Waals surface area contributed by atoms with Crippen LogP contribution in [0.25, 0.3) is 0 Å². The standard InChI is InChI=1S/C11H21NO2/c1-10(2,3)11(4)7-5-6-8-12(11)9(13)14/h5-8H2,1-4H3,(H,13,14). The second kappa shape index (κ2) is 3.44. The predicted molar refractivity (Wildman–Crippen MR) is 56.4 cm³/mol. The summed E-state index contributed by atoms with van der Waals surface area (Å²) >= 11 is 0. The molecule has 1 aliphatic heterocycles. The topological polar surface area (TPSA) is 40.5 Å². The van der Waals surface area contributed by atoms with Crippen LogP contribution in [0.1, 0.15) is 47.0 Å². The van der Waals surface area contributed by atoms with Crippen LogP contribution in [0.5, 0.6) is 0 Å². The third kappa shape index (κ3) is 1.72. The largest absolute Gasteiger partial charge is 0.465 e. The van der Waals surface area contributed by atoms with Crippen molar-refractivity contribution in [3.63, 3.8) is 0 Å². The third-order valence-electron chi connectivity index (χ3n) is 3.74. The molecule has 3 nitrogen and oxygen atoms in total. The molecule has 0 saturated carbocycles. The lowest BCUT2D eigenvalue weighted by Crippen LogP contribution is -2.59. The Morgan fingerprint density at radius 3 is 2.29 bits per heavy atom. The lowest BCUT2D eigenvalue weighted by molar-refractivity contribution is -0.0114. The van der Waals surface area contributed by atoms with E-state index in [1.54, 1.807) is 4.90 Å². The fourth-order valence-corrected chi connectivity index (χ4v) is 2.21. The molecular weight excluding hydrogens is 178 g/mol. The Hall–Kier alpha value is -0.730. The number of nitrogens with zero attached hydrogens (tertiary/aromatic N) is 1. The van der Waals surface area contributed by atoms with Crippen molar-refractivity contribution in [2.75, 3.05) is 6.54 Å². The van der Waals surface area contributed by atoms with Gasteiger partial charge in [0.1, 0.15) is 0 Å². The van der Waals surface area contributed by atoms with Crippen LogP contribution in [-0.4, -0.2) is 28.2 Å². The van der Waals surface area contributed by atoms with Gasteiger partial charge in [-0.2, -0.15) is 0 Å². The molecule has 3 heteroatoms. The number of hydrogen-bond acceptors (Lipinski definition) is 1. The highest BCUT2D eigenvalue weighted by Gasteiger charge is 2.46. The van der Waals surface area contributed by atoms with Gasteiger partial charge in [-0.05, 0) is 31.6 Å². The molecule has 82 valence electrons. The second-order valence-electron chi connectivity index (χ2n) is 5.42. The molecule has 1 amide bonds. The minimum absolute atomic E-state index is 0.00576. The Labute approximate surface area is 86.1 Å². The molecule has 1 rings (SSSR count). The quantitative estimate of drug-likeness (QED) is 0.651. The number of piperidine rings is 1. The average molecular weight is 199 g/mol. The molecule has 0 bridgehead atoms. The fourth-order valence-electron chi connectivity index (χ4n) is 2.21.